The van der Waals surface area contributed by atoms with Crippen LogP contribution in [0.15, 0.2) is 18.2 Å². The zero-order valence-electron chi connectivity index (χ0n) is 14.6. The van der Waals surface area contributed by atoms with Crippen LogP contribution < -0.4 is 4.90 Å². The van der Waals surface area contributed by atoms with Gasteiger partial charge in [-0.25, -0.2) is 4.68 Å². The standard InChI is InChI=1S/C17H24N6O/c1-4-5-17(24)22-10-8-21(9-11-22)15-6-7-16(19-18-15)23-14(3)12-13(2)20-23/h6-7,12H,4-5,8-11H2,1-3H3. The van der Waals surface area contributed by atoms with Crippen LogP contribution >= 0.6 is 0 Å². The molecule has 1 fully saturated rings. The summed E-state index contributed by atoms with van der Waals surface area (Å²) in [5.74, 6) is 1.83. The first-order valence-corrected chi connectivity index (χ1v) is 8.48. The van der Waals surface area contributed by atoms with Gasteiger partial charge < -0.3 is 9.80 Å². The number of anilines is 1. The predicted octanol–water partition coefficient (Wildman–Crippen LogP) is 1.73. The van der Waals surface area contributed by atoms with Crippen LogP contribution in [-0.2, 0) is 4.79 Å². The third kappa shape index (κ3) is 3.39. The minimum Gasteiger partial charge on any atom is -0.352 e. The molecule has 2 aromatic rings. The average molecular weight is 328 g/mol. The molecule has 0 spiro atoms. The second-order valence-corrected chi connectivity index (χ2v) is 6.21. The maximum Gasteiger partial charge on any atom is 0.222 e. The summed E-state index contributed by atoms with van der Waals surface area (Å²) in [4.78, 5) is 16.1. The molecule has 0 atom stereocenters. The Hall–Kier alpha value is -2.44. The Bertz CT molecular complexity index is 700. The molecule has 0 radical (unpaired) electrons. The number of hydrogen-bond acceptors (Lipinski definition) is 5. The largest absolute Gasteiger partial charge is 0.352 e. The van der Waals surface area contributed by atoms with Crippen LogP contribution in [0.2, 0.25) is 0 Å². The number of aromatic nitrogens is 4. The molecule has 1 amide bonds. The van der Waals surface area contributed by atoms with Gasteiger partial charge in [0.05, 0.1) is 5.69 Å². The molecule has 0 unspecified atom stereocenters. The molecular formula is C17H24N6O. The van der Waals surface area contributed by atoms with E-state index in [9.17, 15) is 4.79 Å². The number of rotatable bonds is 4. The molecule has 2 aromatic heterocycles. The molecule has 0 saturated carbocycles. The number of carbonyl (C=O) groups excluding carboxylic acids is 1. The highest BCUT2D eigenvalue weighted by atomic mass is 16.2. The third-order valence-corrected chi connectivity index (χ3v) is 4.28. The first-order valence-electron chi connectivity index (χ1n) is 8.48. The zero-order valence-corrected chi connectivity index (χ0v) is 14.6. The zero-order chi connectivity index (χ0) is 17.1. The fourth-order valence-corrected chi connectivity index (χ4v) is 3.02. The van der Waals surface area contributed by atoms with Gasteiger partial charge in [0.15, 0.2) is 11.6 Å². The molecule has 3 rings (SSSR count). The number of nitrogens with zero attached hydrogens (tertiary/aromatic N) is 6. The molecular weight excluding hydrogens is 304 g/mol. The highest BCUT2D eigenvalue weighted by Crippen LogP contribution is 2.16. The third-order valence-electron chi connectivity index (χ3n) is 4.28. The Labute approximate surface area is 142 Å². The van der Waals surface area contributed by atoms with Crippen molar-refractivity contribution in [2.75, 3.05) is 31.1 Å². The minimum atomic E-state index is 0.253. The molecule has 0 bridgehead atoms. The number of carbonyl (C=O) groups is 1. The van der Waals surface area contributed by atoms with Gasteiger partial charge in [0, 0.05) is 38.3 Å². The van der Waals surface area contributed by atoms with E-state index in [0.717, 1.165) is 55.6 Å². The van der Waals surface area contributed by atoms with Crippen molar-refractivity contribution >= 4 is 11.7 Å². The van der Waals surface area contributed by atoms with E-state index in [0.29, 0.717) is 6.42 Å². The van der Waals surface area contributed by atoms with E-state index in [1.807, 2.05) is 43.9 Å². The maximum atomic E-state index is 11.9. The lowest BCUT2D eigenvalue weighted by molar-refractivity contribution is -0.131. The summed E-state index contributed by atoms with van der Waals surface area (Å²) in [6, 6.07) is 5.93. The minimum absolute atomic E-state index is 0.253. The summed E-state index contributed by atoms with van der Waals surface area (Å²) < 4.78 is 1.80. The molecule has 128 valence electrons. The van der Waals surface area contributed by atoms with Crippen LogP contribution in [0.4, 0.5) is 5.82 Å². The highest BCUT2D eigenvalue weighted by molar-refractivity contribution is 5.76. The van der Waals surface area contributed by atoms with E-state index in [1.165, 1.54) is 0 Å². The number of piperazine rings is 1. The molecule has 1 saturated heterocycles. The Balaban J connectivity index is 1.65. The van der Waals surface area contributed by atoms with Crippen LogP contribution in [0.5, 0.6) is 0 Å². The topological polar surface area (TPSA) is 67.2 Å². The van der Waals surface area contributed by atoms with E-state index < -0.39 is 0 Å². The van der Waals surface area contributed by atoms with Gasteiger partial charge in [0.1, 0.15) is 0 Å². The lowest BCUT2D eigenvalue weighted by atomic mass is 10.2. The quantitative estimate of drug-likeness (QED) is 0.855. The molecule has 1 aliphatic rings. The van der Waals surface area contributed by atoms with Crippen LogP contribution in [-0.4, -0.2) is 57.0 Å². The normalized spacial score (nSPS) is 15.0. The SMILES string of the molecule is CCCC(=O)N1CCN(c2ccc(-n3nc(C)cc3C)nn2)CC1. The first-order chi connectivity index (χ1) is 11.6. The van der Waals surface area contributed by atoms with Crippen molar-refractivity contribution in [3.05, 3.63) is 29.6 Å². The van der Waals surface area contributed by atoms with Gasteiger partial charge in [-0.15, -0.1) is 10.2 Å². The van der Waals surface area contributed by atoms with Crippen molar-refractivity contribution in [2.24, 2.45) is 0 Å². The highest BCUT2D eigenvalue weighted by Gasteiger charge is 2.21. The van der Waals surface area contributed by atoms with Crippen molar-refractivity contribution in [3.63, 3.8) is 0 Å². The predicted molar refractivity (Wildman–Crippen MR) is 92.3 cm³/mol. The van der Waals surface area contributed by atoms with Crippen molar-refractivity contribution in [2.45, 2.75) is 33.6 Å². The van der Waals surface area contributed by atoms with Gasteiger partial charge in [0.25, 0.3) is 0 Å². The van der Waals surface area contributed by atoms with E-state index in [4.69, 9.17) is 0 Å². The number of aryl methyl sites for hydroxylation is 2. The fraction of sp³-hybridized carbons (Fsp3) is 0.529. The average Bonchev–Trinajstić information content (AvgIpc) is 2.94. The smallest absolute Gasteiger partial charge is 0.222 e. The van der Waals surface area contributed by atoms with E-state index in [-0.39, 0.29) is 5.91 Å². The van der Waals surface area contributed by atoms with Gasteiger partial charge in [-0.1, -0.05) is 6.92 Å². The van der Waals surface area contributed by atoms with Crippen LogP contribution in [0.3, 0.4) is 0 Å². The molecule has 0 N–H and O–H groups in total. The van der Waals surface area contributed by atoms with Crippen LogP contribution in [0.25, 0.3) is 5.82 Å². The van der Waals surface area contributed by atoms with Crippen molar-refractivity contribution in [1.82, 2.24) is 24.9 Å². The first kappa shape index (κ1) is 16.4. The summed E-state index contributed by atoms with van der Waals surface area (Å²) in [5.41, 5.74) is 2.00. The number of hydrogen-bond donors (Lipinski definition) is 0. The summed E-state index contributed by atoms with van der Waals surface area (Å²) >= 11 is 0. The van der Waals surface area contributed by atoms with Crippen molar-refractivity contribution < 1.29 is 4.79 Å². The fourth-order valence-electron chi connectivity index (χ4n) is 3.02. The van der Waals surface area contributed by atoms with Gasteiger partial charge in [-0.2, -0.15) is 5.10 Å². The van der Waals surface area contributed by atoms with E-state index >= 15 is 0 Å². The van der Waals surface area contributed by atoms with Gasteiger partial charge in [0.2, 0.25) is 5.91 Å². The van der Waals surface area contributed by atoms with Crippen molar-refractivity contribution in [1.29, 1.82) is 0 Å². The Kier molecular flexibility index (Phi) is 4.78. The van der Waals surface area contributed by atoms with Crippen molar-refractivity contribution in [3.8, 4) is 5.82 Å². The molecule has 7 nitrogen and oxygen atoms in total. The molecule has 3 heterocycles. The van der Waals surface area contributed by atoms with Gasteiger partial charge in [-0.3, -0.25) is 4.79 Å². The second-order valence-electron chi connectivity index (χ2n) is 6.21. The summed E-state index contributed by atoms with van der Waals surface area (Å²) in [6.45, 7) is 9.09. The summed E-state index contributed by atoms with van der Waals surface area (Å²) in [6.07, 6.45) is 1.54. The summed E-state index contributed by atoms with van der Waals surface area (Å²) in [7, 11) is 0. The van der Waals surface area contributed by atoms with Crippen LogP contribution in [0.1, 0.15) is 31.2 Å². The maximum absolute atomic E-state index is 11.9. The summed E-state index contributed by atoms with van der Waals surface area (Å²) in [5, 5.41) is 13.1. The second kappa shape index (κ2) is 6.98. The monoisotopic (exact) mass is 328 g/mol. The molecule has 1 aliphatic heterocycles. The Morgan fingerprint density at radius 2 is 1.75 bits per heavy atom. The van der Waals surface area contributed by atoms with E-state index in [2.05, 4.69) is 20.2 Å². The molecule has 7 heteroatoms. The van der Waals surface area contributed by atoms with E-state index in [1.54, 1.807) is 4.68 Å². The Morgan fingerprint density at radius 3 is 2.29 bits per heavy atom. The Morgan fingerprint density at radius 1 is 1.08 bits per heavy atom. The lowest BCUT2D eigenvalue weighted by Crippen LogP contribution is -2.49. The molecule has 0 aromatic carbocycles. The van der Waals surface area contributed by atoms with Gasteiger partial charge >= 0.3 is 0 Å². The van der Waals surface area contributed by atoms with Gasteiger partial charge in [-0.05, 0) is 38.5 Å². The molecule has 0 aliphatic carbocycles. The van der Waals surface area contributed by atoms with Crippen LogP contribution in [0, 0.1) is 13.8 Å². The lowest BCUT2D eigenvalue weighted by Gasteiger charge is -2.35. The number of amides is 1. The molecule has 24 heavy (non-hydrogen) atoms.